The highest BCUT2D eigenvalue weighted by Gasteiger charge is 2.22. The molecule has 0 radical (unpaired) electrons. The number of hydrogen-bond acceptors (Lipinski definition) is 6. The van der Waals surface area contributed by atoms with E-state index in [1.807, 2.05) is 0 Å². The van der Waals surface area contributed by atoms with Crippen LogP contribution in [0.1, 0.15) is 42.8 Å². The Labute approximate surface area is 182 Å². The molecule has 0 atom stereocenters. The van der Waals surface area contributed by atoms with Crippen molar-refractivity contribution >= 4 is 26.9 Å². The maximum absolute atomic E-state index is 12.4. The lowest BCUT2D eigenvalue weighted by Gasteiger charge is -2.18. The summed E-state index contributed by atoms with van der Waals surface area (Å²) in [6.45, 7) is 1.06. The second-order valence-electron chi connectivity index (χ2n) is 7.90. The second-order valence-corrected chi connectivity index (χ2v) is 9.66. The van der Waals surface area contributed by atoms with Crippen molar-refractivity contribution in [1.82, 2.24) is 19.3 Å². The molecule has 2 aromatic heterocycles. The van der Waals surface area contributed by atoms with Crippen LogP contribution in [-0.4, -0.2) is 41.2 Å². The molecule has 9 heteroatoms. The Balaban J connectivity index is 1.49. The molecule has 3 aromatic rings. The number of benzene rings is 1. The first-order chi connectivity index (χ1) is 15.0. The van der Waals surface area contributed by atoms with E-state index in [0.717, 1.165) is 49.1 Å². The molecule has 0 aliphatic heterocycles. The number of aliphatic hydroxyl groups excluding tert-OH is 1. The normalized spacial score (nSPS) is 14.1. The number of unbranched alkanes of at least 4 members (excludes halogenated alkanes) is 1. The number of fused-ring (bicyclic) bond motifs is 3. The lowest BCUT2D eigenvalue weighted by atomic mass is 9.95. The third-order valence-electron chi connectivity index (χ3n) is 5.76. The van der Waals surface area contributed by atoms with E-state index in [9.17, 15) is 13.5 Å². The number of aliphatic hydroxyl groups is 1. The van der Waals surface area contributed by atoms with Crippen molar-refractivity contribution in [1.29, 1.82) is 0 Å². The van der Waals surface area contributed by atoms with Gasteiger partial charge in [0.05, 0.1) is 17.0 Å². The van der Waals surface area contributed by atoms with Gasteiger partial charge in [-0.25, -0.2) is 23.1 Å². The first-order valence-corrected chi connectivity index (χ1v) is 12.3. The van der Waals surface area contributed by atoms with Crippen LogP contribution in [0.15, 0.2) is 35.2 Å². The molecule has 8 nitrogen and oxygen atoms in total. The average molecular weight is 444 g/mol. The van der Waals surface area contributed by atoms with Crippen LogP contribution < -0.4 is 10.5 Å². The van der Waals surface area contributed by atoms with Gasteiger partial charge in [-0.1, -0.05) is 18.2 Å². The fourth-order valence-corrected chi connectivity index (χ4v) is 5.36. The summed E-state index contributed by atoms with van der Waals surface area (Å²) in [5.41, 5.74) is 10.2. The van der Waals surface area contributed by atoms with E-state index in [-0.39, 0.29) is 11.5 Å². The molecule has 0 spiro atoms. The predicted molar refractivity (Wildman–Crippen MR) is 120 cm³/mol. The molecule has 2 heterocycles. The molecule has 0 amide bonds. The topological polar surface area (TPSA) is 123 Å². The first-order valence-electron chi connectivity index (χ1n) is 10.8. The molecule has 0 unspecified atom stereocenters. The largest absolute Gasteiger partial charge is 0.396 e. The SMILES string of the molecule is Nc1nc2c(c3c1nc(CCO)n3CCCCNS(=O)(=O)c1ccccc1)CCCC2. The number of anilines is 1. The fraction of sp³-hybridized carbons (Fsp3) is 0.455. The van der Waals surface area contributed by atoms with E-state index in [4.69, 9.17) is 10.7 Å². The standard InChI is InChI=1S/C22H29N5O3S/c23-22-20-21(17-10-4-5-11-18(17)25-22)27(19(26-20)12-15-28)14-7-6-13-24-31(29,30)16-8-2-1-3-9-16/h1-3,8-9,24,28H,4-7,10-15H2,(H2,23,25). The van der Waals surface area contributed by atoms with Crippen molar-refractivity contribution in [2.45, 2.75) is 56.4 Å². The lowest BCUT2D eigenvalue weighted by molar-refractivity contribution is 0.294. The van der Waals surface area contributed by atoms with E-state index in [2.05, 4.69) is 14.3 Å². The summed E-state index contributed by atoms with van der Waals surface area (Å²) in [7, 11) is -3.49. The van der Waals surface area contributed by atoms with E-state index >= 15 is 0 Å². The Morgan fingerprint density at radius 2 is 1.87 bits per heavy atom. The van der Waals surface area contributed by atoms with Crippen molar-refractivity contribution in [3.63, 3.8) is 0 Å². The van der Waals surface area contributed by atoms with Gasteiger partial charge in [-0.05, 0) is 56.2 Å². The maximum Gasteiger partial charge on any atom is 0.240 e. The first kappa shape index (κ1) is 21.7. The van der Waals surface area contributed by atoms with Gasteiger partial charge in [0.15, 0.2) is 5.82 Å². The summed E-state index contributed by atoms with van der Waals surface area (Å²) >= 11 is 0. The number of pyridine rings is 1. The van der Waals surface area contributed by atoms with Gasteiger partial charge in [-0.15, -0.1) is 0 Å². The molecule has 31 heavy (non-hydrogen) atoms. The molecule has 1 aliphatic rings. The Morgan fingerprint density at radius 3 is 2.65 bits per heavy atom. The Bertz CT molecular complexity index is 1160. The van der Waals surface area contributed by atoms with Gasteiger partial charge >= 0.3 is 0 Å². The molecule has 0 saturated carbocycles. The number of aromatic nitrogens is 3. The highest BCUT2D eigenvalue weighted by molar-refractivity contribution is 7.89. The minimum absolute atomic E-state index is 0.00964. The maximum atomic E-state index is 12.4. The van der Waals surface area contributed by atoms with Crippen molar-refractivity contribution in [3.8, 4) is 0 Å². The summed E-state index contributed by atoms with van der Waals surface area (Å²) in [5, 5.41) is 9.51. The fourth-order valence-electron chi connectivity index (χ4n) is 4.27. The van der Waals surface area contributed by atoms with E-state index in [1.54, 1.807) is 30.3 Å². The van der Waals surface area contributed by atoms with Crippen LogP contribution in [0, 0.1) is 0 Å². The number of imidazole rings is 1. The second kappa shape index (κ2) is 9.33. The molecule has 1 aromatic carbocycles. The highest BCUT2D eigenvalue weighted by Crippen LogP contribution is 2.31. The van der Waals surface area contributed by atoms with Gasteiger partial charge in [-0.2, -0.15) is 0 Å². The zero-order chi connectivity index (χ0) is 21.8. The van der Waals surface area contributed by atoms with Crippen LogP contribution in [0.4, 0.5) is 5.82 Å². The Morgan fingerprint density at radius 1 is 1.10 bits per heavy atom. The van der Waals surface area contributed by atoms with Crippen LogP contribution in [0.3, 0.4) is 0 Å². The van der Waals surface area contributed by atoms with Crippen molar-refractivity contribution in [2.75, 3.05) is 18.9 Å². The van der Waals surface area contributed by atoms with Gasteiger partial charge in [0, 0.05) is 25.2 Å². The van der Waals surface area contributed by atoms with Crippen molar-refractivity contribution < 1.29 is 13.5 Å². The minimum atomic E-state index is -3.49. The van der Waals surface area contributed by atoms with Crippen LogP contribution in [0.2, 0.25) is 0 Å². The summed E-state index contributed by atoms with van der Waals surface area (Å²) < 4.78 is 29.5. The number of aryl methyl sites for hydroxylation is 3. The van der Waals surface area contributed by atoms with Gasteiger partial charge in [0.2, 0.25) is 10.0 Å². The molecule has 0 saturated heterocycles. The van der Waals surface area contributed by atoms with E-state index < -0.39 is 10.0 Å². The smallest absolute Gasteiger partial charge is 0.240 e. The number of hydrogen-bond donors (Lipinski definition) is 3. The molecule has 4 rings (SSSR count). The number of rotatable bonds is 9. The van der Waals surface area contributed by atoms with Crippen LogP contribution in [0.5, 0.6) is 0 Å². The summed E-state index contributed by atoms with van der Waals surface area (Å²) in [5.74, 6) is 1.25. The summed E-state index contributed by atoms with van der Waals surface area (Å²) in [6.07, 6.45) is 6.03. The zero-order valence-electron chi connectivity index (χ0n) is 17.5. The Kier molecular flexibility index (Phi) is 6.54. The highest BCUT2D eigenvalue weighted by atomic mass is 32.2. The molecule has 0 bridgehead atoms. The van der Waals surface area contributed by atoms with Gasteiger partial charge in [0.25, 0.3) is 0 Å². The number of nitrogen functional groups attached to an aromatic ring is 1. The van der Waals surface area contributed by atoms with Crippen molar-refractivity contribution in [3.05, 3.63) is 47.4 Å². The summed E-state index contributed by atoms with van der Waals surface area (Å²) in [4.78, 5) is 9.55. The van der Waals surface area contributed by atoms with Crippen LogP contribution in [-0.2, 0) is 35.8 Å². The van der Waals surface area contributed by atoms with Gasteiger partial charge < -0.3 is 15.4 Å². The van der Waals surface area contributed by atoms with Crippen molar-refractivity contribution in [2.24, 2.45) is 0 Å². The number of nitrogens with one attached hydrogen (secondary N) is 1. The molecule has 166 valence electrons. The average Bonchev–Trinajstić information content (AvgIpc) is 3.13. The minimum Gasteiger partial charge on any atom is -0.396 e. The zero-order valence-corrected chi connectivity index (χ0v) is 18.4. The molecule has 4 N–H and O–H groups in total. The van der Waals surface area contributed by atoms with Crippen LogP contribution >= 0.6 is 0 Å². The van der Waals surface area contributed by atoms with E-state index in [0.29, 0.717) is 37.3 Å². The monoisotopic (exact) mass is 443 g/mol. The molecular formula is C22H29N5O3S. The van der Waals surface area contributed by atoms with Gasteiger partial charge in [0.1, 0.15) is 11.3 Å². The van der Waals surface area contributed by atoms with Crippen LogP contribution in [0.25, 0.3) is 11.0 Å². The molecular weight excluding hydrogens is 414 g/mol. The molecule has 0 fully saturated rings. The third-order valence-corrected chi connectivity index (χ3v) is 7.24. The number of nitrogens with two attached hydrogens (primary N) is 1. The molecule has 1 aliphatic carbocycles. The summed E-state index contributed by atoms with van der Waals surface area (Å²) in [6, 6.07) is 8.39. The van der Waals surface area contributed by atoms with E-state index in [1.165, 1.54) is 5.56 Å². The lowest BCUT2D eigenvalue weighted by Crippen LogP contribution is -2.25. The Hall–Kier alpha value is -2.49. The number of sulfonamides is 1. The quantitative estimate of drug-likeness (QED) is 0.436. The predicted octanol–water partition coefficient (Wildman–Crippen LogP) is 2.19. The van der Waals surface area contributed by atoms with Gasteiger partial charge in [-0.3, -0.25) is 0 Å². The third kappa shape index (κ3) is 4.58. The number of nitrogens with zero attached hydrogens (tertiary/aromatic N) is 3.